The predicted octanol–water partition coefficient (Wildman–Crippen LogP) is 2.66. The van der Waals surface area contributed by atoms with Gasteiger partial charge in [0.15, 0.2) is 0 Å². The minimum Gasteiger partial charge on any atom is -0.320 e. The average Bonchev–Trinajstić information content (AvgIpc) is 2.55. The Labute approximate surface area is 125 Å². The summed E-state index contributed by atoms with van der Waals surface area (Å²) in [6.07, 6.45) is 0. The number of para-hydroxylation sites is 1. The summed E-state index contributed by atoms with van der Waals surface area (Å²) in [5, 5.41) is 0. The van der Waals surface area contributed by atoms with Gasteiger partial charge in [-0.25, -0.2) is 0 Å². The summed E-state index contributed by atoms with van der Waals surface area (Å²) in [7, 11) is 0. The highest BCUT2D eigenvalue weighted by Gasteiger charge is 2.15. The second kappa shape index (κ2) is 7.28. The van der Waals surface area contributed by atoms with Crippen LogP contribution in [0.3, 0.4) is 0 Å². The third-order valence-corrected chi connectivity index (χ3v) is 3.07. The number of rotatable bonds is 3. The number of nitrogens with zero attached hydrogens (tertiary/aromatic N) is 1. The van der Waals surface area contributed by atoms with Crippen molar-refractivity contribution in [3.05, 3.63) is 65.7 Å². The molecule has 0 saturated heterocycles. The normalized spacial score (nSPS) is 9.62. The first-order valence-corrected chi connectivity index (χ1v) is 6.92. The van der Waals surface area contributed by atoms with Crippen LogP contribution in [0.1, 0.15) is 22.8 Å². The quantitative estimate of drug-likeness (QED) is 0.877. The molecular weight excluding hydrogens is 260 g/mol. The van der Waals surface area contributed by atoms with Gasteiger partial charge >= 0.3 is 0 Å². The molecule has 0 aliphatic rings. The van der Waals surface area contributed by atoms with Crippen LogP contribution in [-0.4, -0.2) is 19.0 Å². The lowest BCUT2D eigenvalue weighted by Gasteiger charge is -2.21. The Balaban J connectivity index is 2.30. The van der Waals surface area contributed by atoms with Gasteiger partial charge in [-0.15, -0.1) is 0 Å². The summed E-state index contributed by atoms with van der Waals surface area (Å²) in [6.45, 7) is 2.88. The van der Waals surface area contributed by atoms with E-state index in [1.807, 2.05) is 55.5 Å². The van der Waals surface area contributed by atoms with Crippen molar-refractivity contribution in [2.24, 2.45) is 5.73 Å². The van der Waals surface area contributed by atoms with Crippen LogP contribution in [-0.2, 0) is 0 Å². The second-order valence-corrected chi connectivity index (χ2v) is 4.47. The summed E-state index contributed by atoms with van der Waals surface area (Å²) in [5.41, 5.74) is 7.69. The number of hydrogen-bond acceptors (Lipinski definition) is 2. The van der Waals surface area contributed by atoms with E-state index in [-0.39, 0.29) is 5.91 Å². The van der Waals surface area contributed by atoms with Crippen LogP contribution in [0.4, 0.5) is 5.69 Å². The first-order valence-electron chi connectivity index (χ1n) is 6.92. The maximum atomic E-state index is 12.7. The van der Waals surface area contributed by atoms with Crippen LogP contribution < -0.4 is 10.6 Å². The van der Waals surface area contributed by atoms with E-state index in [2.05, 4.69) is 11.8 Å². The molecule has 0 unspecified atom stereocenters. The highest BCUT2D eigenvalue weighted by atomic mass is 16.2. The first kappa shape index (κ1) is 14.8. The van der Waals surface area contributed by atoms with Gasteiger partial charge in [-0.1, -0.05) is 36.1 Å². The summed E-state index contributed by atoms with van der Waals surface area (Å²) in [5.74, 6) is 5.72. The van der Waals surface area contributed by atoms with Gasteiger partial charge in [-0.05, 0) is 37.3 Å². The Bertz CT molecular complexity index is 668. The Kier molecular flexibility index (Phi) is 5.14. The Morgan fingerprint density at radius 2 is 1.90 bits per heavy atom. The van der Waals surface area contributed by atoms with E-state index >= 15 is 0 Å². The average molecular weight is 278 g/mol. The molecule has 0 fully saturated rings. The van der Waals surface area contributed by atoms with E-state index < -0.39 is 0 Å². The zero-order valence-corrected chi connectivity index (χ0v) is 12.0. The number of anilines is 1. The lowest BCUT2D eigenvalue weighted by molar-refractivity contribution is 0.0988. The monoisotopic (exact) mass is 278 g/mol. The molecule has 2 aromatic carbocycles. The van der Waals surface area contributed by atoms with Gasteiger partial charge in [-0.3, -0.25) is 4.79 Å². The standard InChI is InChI=1S/C18H18N2O/c1-2-20(17-11-4-3-5-12-17)18(21)16-10-6-8-15(14-16)9-7-13-19/h3-6,8,10-12,14H,2,13,19H2,1H3. The minimum absolute atomic E-state index is 0.0277. The lowest BCUT2D eigenvalue weighted by atomic mass is 10.1. The fraction of sp³-hybridized carbons (Fsp3) is 0.167. The number of carbonyl (C=O) groups is 1. The molecule has 0 aliphatic carbocycles. The van der Waals surface area contributed by atoms with Crippen molar-refractivity contribution in [2.75, 3.05) is 18.0 Å². The predicted molar refractivity (Wildman–Crippen MR) is 86.2 cm³/mol. The van der Waals surface area contributed by atoms with Crippen molar-refractivity contribution >= 4 is 11.6 Å². The maximum Gasteiger partial charge on any atom is 0.258 e. The Hall–Kier alpha value is -2.57. The summed E-state index contributed by atoms with van der Waals surface area (Å²) in [6, 6.07) is 17.0. The van der Waals surface area contributed by atoms with Crippen LogP contribution in [0.15, 0.2) is 54.6 Å². The molecule has 0 aromatic heterocycles. The third-order valence-electron chi connectivity index (χ3n) is 3.07. The number of carbonyl (C=O) groups excluding carboxylic acids is 1. The topological polar surface area (TPSA) is 46.3 Å². The molecule has 0 aliphatic heterocycles. The van der Waals surface area contributed by atoms with Gasteiger partial charge in [-0.2, -0.15) is 0 Å². The van der Waals surface area contributed by atoms with E-state index in [0.717, 1.165) is 11.3 Å². The van der Waals surface area contributed by atoms with Gasteiger partial charge in [0.1, 0.15) is 0 Å². The van der Waals surface area contributed by atoms with Gasteiger partial charge in [0, 0.05) is 23.4 Å². The van der Waals surface area contributed by atoms with Crippen molar-refractivity contribution in [2.45, 2.75) is 6.92 Å². The van der Waals surface area contributed by atoms with Gasteiger partial charge in [0.2, 0.25) is 0 Å². The molecule has 106 valence electrons. The zero-order valence-electron chi connectivity index (χ0n) is 12.0. The van der Waals surface area contributed by atoms with Crippen LogP contribution in [0, 0.1) is 11.8 Å². The van der Waals surface area contributed by atoms with E-state index in [1.165, 1.54) is 0 Å². The highest BCUT2D eigenvalue weighted by Crippen LogP contribution is 2.17. The molecular formula is C18H18N2O. The summed E-state index contributed by atoms with van der Waals surface area (Å²) >= 11 is 0. The number of hydrogen-bond donors (Lipinski definition) is 1. The molecule has 3 heteroatoms. The third kappa shape index (κ3) is 3.71. The Morgan fingerprint density at radius 1 is 1.14 bits per heavy atom. The Morgan fingerprint density at radius 3 is 2.57 bits per heavy atom. The second-order valence-electron chi connectivity index (χ2n) is 4.47. The van der Waals surface area contributed by atoms with Crippen molar-refractivity contribution < 1.29 is 4.79 Å². The SMILES string of the molecule is CCN(C(=O)c1cccc(C#CCN)c1)c1ccccc1. The van der Waals surface area contributed by atoms with Crippen LogP contribution in [0.5, 0.6) is 0 Å². The molecule has 21 heavy (non-hydrogen) atoms. The van der Waals surface area contributed by atoms with Crippen molar-refractivity contribution in [3.8, 4) is 11.8 Å². The smallest absolute Gasteiger partial charge is 0.258 e. The number of amides is 1. The van der Waals surface area contributed by atoms with Crippen LogP contribution in [0.25, 0.3) is 0 Å². The van der Waals surface area contributed by atoms with Crippen LogP contribution >= 0.6 is 0 Å². The number of nitrogens with two attached hydrogens (primary N) is 1. The van der Waals surface area contributed by atoms with E-state index in [0.29, 0.717) is 18.7 Å². The van der Waals surface area contributed by atoms with Crippen molar-refractivity contribution in [1.82, 2.24) is 0 Å². The summed E-state index contributed by atoms with van der Waals surface area (Å²) < 4.78 is 0. The lowest BCUT2D eigenvalue weighted by Crippen LogP contribution is -2.30. The van der Waals surface area contributed by atoms with E-state index in [4.69, 9.17) is 5.73 Å². The molecule has 2 aromatic rings. The molecule has 2 N–H and O–H groups in total. The van der Waals surface area contributed by atoms with E-state index in [1.54, 1.807) is 11.0 Å². The first-order chi connectivity index (χ1) is 10.3. The molecule has 0 saturated carbocycles. The van der Waals surface area contributed by atoms with Crippen LogP contribution in [0.2, 0.25) is 0 Å². The molecule has 1 amide bonds. The molecule has 3 nitrogen and oxygen atoms in total. The van der Waals surface area contributed by atoms with E-state index in [9.17, 15) is 4.79 Å². The fourth-order valence-corrected chi connectivity index (χ4v) is 2.09. The van der Waals surface area contributed by atoms with Gasteiger partial charge < -0.3 is 10.6 Å². The van der Waals surface area contributed by atoms with Crippen molar-refractivity contribution in [3.63, 3.8) is 0 Å². The zero-order chi connectivity index (χ0) is 15.1. The molecule has 0 radical (unpaired) electrons. The minimum atomic E-state index is -0.0277. The largest absolute Gasteiger partial charge is 0.320 e. The molecule has 0 heterocycles. The van der Waals surface area contributed by atoms with Gasteiger partial charge in [0.25, 0.3) is 5.91 Å². The molecule has 2 rings (SSSR count). The number of benzene rings is 2. The molecule has 0 atom stereocenters. The molecule has 0 spiro atoms. The van der Waals surface area contributed by atoms with Gasteiger partial charge in [0.05, 0.1) is 6.54 Å². The van der Waals surface area contributed by atoms with Crippen molar-refractivity contribution in [1.29, 1.82) is 0 Å². The summed E-state index contributed by atoms with van der Waals surface area (Å²) in [4.78, 5) is 14.4. The maximum absolute atomic E-state index is 12.7. The molecule has 0 bridgehead atoms. The fourth-order valence-electron chi connectivity index (χ4n) is 2.09. The highest BCUT2D eigenvalue weighted by molar-refractivity contribution is 6.06.